The van der Waals surface area contributed by atoms with Gasteiger partial charge in [0.05, 0.1) is 0 Å². The molecule has 0 radical (unpaired) electrons. The molecule has 1 aliphatic rings. The Morgan fingerprint density at radius 3 is 3.23 bits per heavy atom. The number of imidazole rings is 1. The molecule has 3 heterocycles. The van der Waals surface area contributed by atoms with Gasteiger partial charge < -0.3 is 10.2 Å². The van der Waals surface area contributed by atoms with Crippen LogP contribution in [0.5, 0.6) is 0 Å². The number of carbonyl (C=O) groups excluding carboxylic acids is 1. The van der Waals surface area contributed by atoms with Crippen molar-refractivity contribution < 1.29 is 4.79 Å². The number of nitrogens with zero attached hydrogens (tertiary/aromatic N) is 3. The fourth-order valence-corrected chi connectivity index (χ4v) is 3.31. The van der Waals surface area contributed by atoms with Gasteiger partial charge in [0, 0.05) is 38.2 Å². The number of amides is 1. The van der Waals surface area contributed by atoms with E-state index in [1.807, 2.05) is 0 Å². The first-order valence-corrected chi connectivity index (χ1v) is 8.14. The van der Waals surface area contributed by atoms with Gasteiger partial charge >= 0.3 is 0 Å². The molecule has 0 spiro atoms. The molecule has 1 amide bonds. The molecule has 0 aliphatic carbocycles. The van der Waals surface area contributed by atoms with E-state index in [1.54, 1.807) is 23.1 Å². The number of hydrogen-bond acceptors (Lipinski definition) is 3. The molecular formula is C16H25N5O. The van der Waals surface area contributed by atoms with E-state index in [9.17, 15) is 4.79 Å². The minimum Gasteiger partial charge on any atom is -0.352 e. The summed E-state index contributed by atoms with van der Waals surface area (Å²) in [4.78, 5) is 19.0. The molecule has 2 aromatic rings. The second-order valence-electron chi connectivity index (χ2n) is 6.68. The molecule has 0 aromatic carbocycles. The zero-order valence-corrected chi connectivity index (χ0v) is 13.4. The Kier molecular flexibility index (Phi) is 4.47. The summed E-state index contributed by atoms with van der Waals surface area (Å²) in [7, 11) is 0. The van der Waals surface area contributed by atoms with E-state index >= 15 is 0 Å². The maximum absolute atomic E-state index is 12.3. The van der Waals surface area contributed by atoms with E-state index < -0.39 is 0 Å². The van der Waals surface area contributed by atoms with E-state index in [-0.39, 0.29) is 5.91 Å². The molecule has 1 atom stereocenters. The third-order valence-corrected chi connectivity index (χ3v) is 4.25. The molecule has 1 fully saturated rings. The Bertz CT molecular complexity index is 629. The SMILES string of the molecule is CC(C)CN1CCCC(CNC(=O)c2c[nH]n3ccnc23)C1. The minimum atomic E-state index is -0.0431. The standard InChI is InChI=1S/C16H25N5O/c1-12(2)10-20-6-3-4-13(11-20)8-18-16(22)14-9-19-21-7-5-17-15(14)21/h5,7,9,12-13,19H,3-4,6,8,10-11H2,1-2H3,(H,18,22). The molecular weight excluding hydrogens is 278 g/mol. The summed E-state index contributed by atoms with van der Waals surface area (Å²) < 4.78 is 1.75. The third kappa shape index (κ3) is 3.32. The summed E-state index contributed by atoms with van der Waals surface area (Å²) in [6.45, 7) is 8.68. The summed E-state index contributed by atoms with van der Waals surface area (Å²) in [5.74, 6) is 1.20. The van der Waals surface area contributed by atoms with E-state index in [0.29, 0.717) is 23.0 Å². The van der Waals surface area contributed by atoms with Crippen molar-refractivity contribution in [2.75, 3.05) is 26.2 Å². The number of fused-ring (bicyclic) bond motifs is 1. The van der Waals surface area contributed by atoms with Crippen LogP contribution < -0.4 is 5.32 Å². The van der Waals surface area contributed by atoms with E-state index in [4.69, 9.17) is 0 Å². The Morgan fingerprint density at radius 1 is 1.55 bits per heavy atom. The lowest BCUT2D eigenvalue weighted by Gasteiger charge is -2.33. The van der Waals surface area contributed by atoms with Gasteiger partial charge in [0.2, 0.25) is 0 Å². The lowest BCUT2D eigenvalue weighted by Crippen LogP contribution is -2.42. The van der Waals surface area contributed by atoms with Crippen LogP contribution in [0.3, 0.4) is 0 Å². The molecule has 0 bridgehead atoms. The van der Waals surface area contributed by atoms with E-state index in [1.165, 1.54) is 19.4 Å². The van der Waals surface area contributed by atoms with Crippen molar-refractivity contribution in [1.82, 2.24) is 24.8 Å². The average molecular weight is 303 g/mol. The Labute approximate surface area is 130 Å². The van der Waals surface area contributed by atoms with E-state index in [0.717, 1.165) is 19.6 Å². The van der Waals surface area contributed by atoms with Crippen LogP contribution in [0.4, 0.5) is 0 Å². The molecule has 2 N–H and O–H groups in total. The minimum absolute atomic E-state index is 0.0431. The van der Waals surface area contributed by atoms with Gasteiger partial charge in [-0.15, -0.1) is 0 Å². The number of hydrogen-bond donors (Lipinski definition) is 2. The lowest BCUT2D eigenvalue weighted by atomic mass is 9.97. The van der Waals surface area contributed by atoms with Crippen LogP contribution in [0.25, 0.3) is 5.65 Å². The molecule has 1 unspecified atom stereocenters. The van der Waals surface area contributed by atoms with Gasteiger partial charge in [0.1, 0.15) is 5.56 Å². The zero-order valence-electron chi connectivity index (χ0n) is 13.4. The maximum atomic E-state index is 12.3. The molecule has 22 heavy (non-hydrogen) atoms. The molecule has 1 aliphatic heterocycles. The highest BCUT2D eigenvalue weighted by molar-refractivity contribution is 5.99. The lowest BCUT2D eigenvalue weighted by molar-refractivity contribution is 0.0930. The largest absolute Gasteiger partial charge is 0.352 e. The molecule has 6 nitrogen and oxygen atoms in total. The Balaban J connectivity index is 1.53. The molecule has 120 valence electrons. The first kappa shape index (κ1) is 15.1. The number of rotatable bonds is 5. The first-order chi connectivity index (χ1) is 10.6. The number of carbonyl (C=O) groups is 1. The molecule has 6 heteroatoms. The fourth-order valence-electron chi connectivity index (χ4n) is 3.31. The van der Waals surface area contributed by atoms with Crippen molar-refractivity contribution in [2.24, 2.45) is 11.8 Å². The number of H-pyrrole nitrogens is 1. The van der Waals surface area contributed by atoms with Crippen LogP contribution >= 0.6 is 0 Å². The molecule has 3 rings (SSSR count). The second-order valence-corrected chi connectivity index (χ2v) is 6.68. The van der Waals surface area contributed by atoms with Crippen molar-refractivity contribution in [2.45, 2.75) is 26.7 Å². The topological polar surface area (TPSA) is 65.4 Å². The predicted molar refractivity (Wildman–Crippen MR) is 85.9 cm³/mol. The summed E-state index contributed by atoms with van der Waals surface area (Å²) in [5, 5.41) is 6.07. The monoisotopic (exact) mass is 303 g/mol. The van der Waals surface area contributed by atoms with Crippen LogP contribution in [0.1, 0.15) is 37.0 Å². The number of likely N-dealkylation sites (tertiary alicyclic amines) is 1. The van der Waals surface area contributed by atoms with E-state index in [2.05, 4.69) is 34.1 Å². The van der Waals surface area contributed by atoms with Gasteiger partial charge in [-0.05, 0) is 31.2 Å². The molecule has 2 aromatic heterocycles. The fraction of sp³-hybridized carbons (Fsp3) is 0.625. The molecule has 1 saturated heterocycles. The van der Waals surface area contributed by atoms with Gasteiger partial charge in [0.15, 0.2) is 5.65 Å². The van der Waals surface area contributed by atoms with Crippen LogP contribution in [-0.4, -0.2) is 51.6 Å². The van der Waals surface area contributed by atoms with Crippen molar-refractivity contribution >= 4 is 11.6 Å². The van der Waals surface area contributed by atoms with Gasteiger partial charge in [-0.25, -0.2) is 9.50 Å². The van der Waals surface area contributed by atoms with Gasteiger partial charge in [0.25, 0.3) is 5.91 Å². The summed E-state index contributed by atoms with van der Waals surface area (Å²) in [6.07, 6.45) is 7.62. The van der Waals surface area contributed by atoms with Crippen molar-refractivity contribution in [3.63, 3.8) is 0 Å². The maximum Gasteiger partial charge on any atom is 0.256 e. The van der Waals surface area contributed by atoms with Gasteiger partial charge in [-0.3, -0.25) is 9.89 Å². The average Bonchev–Trinajstić information content (AvgIpc) is 3.07. The van der Waals surface area contributed by atoms with Gasteiger partial charge in [-0.1, -0.05) is 13.8 Å². The highest BCUT2D eigenvalue weighted by Crippen LogP contribution is 2.17. The number of aromatic nitrogens is 3. The number of piperidine rings is 1. The Morgan fingerprint density at radius 2 is 2.41 bits per heavy atom. The van der Waals surface area contributed by atoms with Crippen LogP contribution in [-0.2, 0) is 0 Å². The Hall–Kier alpha value is -1.82. The zero-order chi connectivity index (χ0) is 15.5. The molecule has 0 saturated carbocycles. The smallest absolute Gasteiger partial charge is 0.256 e. The summed E-state index contributed by atoms with van der Waals surface area (Å²) in [5.41, 5.74) is 1.29. The number of aromatic amines is 1. The quantitative estimate of drug-likeness (QED) is 0.884. The summed E-state index contributed by atoms with van der Waals surface area (Å²) in [6, 6.07) is 0. The normalized spacial score (nSPS) is 19.9. The predicted octanol–water partition coefficient (Wildman–Crippen LogP) is 1.76. The van der Waals surface area contributed by atoms with Crippen LogP contribution in [0.15, 0.2) is 18.6 Å². The van der Waals surface area contributed by atoms with Crippen molar-refractivity contribution in [1.29, 1.82) is 0 Å². The van der Waals surface area contributed by atoms with Gasteiger partial charge in [-0.2, -0.15) is 0 Å². The van der Waals surface area contributed by atoms with Crippen molar-refractivity contribution in [3.8, 4) is 0 Å². The number of nitrogens with one attached hydrogen (secondary N) is 2. The second kappa shape index (κ2) is 6.52. The summed E-state index contributed by atoms with van der Waals surface area (Å²) >= 11 is 0. The van der Waals surface area contributed by atoms with Crippen LogP contribution in [0, 0.1) is 11.8 Å². The van der Waals surface area contributed by atoms with Crippen molar-refractivity contribution in [3.05, 3.63) is 24.2 Å². The highest BCUT2D eigenvalue weighted by atomic mass is 16.1. The third-order valence-electron chi connectivity index (χ3n) is 4.25. The highest BCUT2D eigenvalue weighted by Gasteiger charge is 2.21. The van der Waals surface area contributed by atoms with Crippen LogP contribution in [0.2, 0.25) is 0 Å². The first-order valence-electron chi connectivity index (χ1n) is 8.14.